The van der Waals surface area contributed by atoms with Crippen LogP contribution < -0.4 is 5.56 Å². The first-order chi connectivity index (χ1) is 16.3. The maximum atomic E-state index is 13.2. The molecule has 0 bridgehead atoms. The molecule has 0 unspecified atom stereocenters. The van der Waals surface area contributed by atoms with Gasteiger partial charge in [-0.15, -0.1) is 0 Å². The van der Waals surface area contributed by atoms with Crippen molar-refractivity contribution in [2.45, 2.75) is 25.0 Å². The molecule has 0 saturated carbocycles. The van der Waals surface area contributed by atoms with Crippen molar-refractivity contribution < 1.29 is 18.7 Å². The number of benzene rings is 1. The predicted octanol–water partition coefficient (Wildman–Crippen LogP) is 1.92. The molecule has 34 heavy (non-hydrogen) atoms. The number of nitrogens with zero attached hydrogens (tertiary/aromatic N) is 6. The van der Waals surface area contributed by atoms with Crippen molar-refractivity contribution in [2.24, 2.45) is 0 Å². The molecule has 3 aromatic heterocycles. The van der Waals surface area contributed by atoms with Crippen molar-refractivity contribution in [1.29, 1.82) is 0 Å². The number of halogens is 2. The molecule has 11 heteroatoms. The van der Waals surface area contributed by atoms with Crippen LogP contribution in [-0.2, 0) is 6.54 Å². The number of carbonyl (C=O) groups excluding carboxylic acids is 1. The number of fused-ring (bicyclic) bond motifs is 1. The van der Waals surface area contributed by atoms with Gasteiger partial charge < -0.3 is 10.0 Å². The Bertz CT molecular complexity index is 1410. The Kier molecular flexibility index (Phi) is 5.40. The molecule has 0 atom stereocenters. The van der Waals surface area contributed by atoms with Crippen LogP contribution in [0.25, 0.3) is 16.7 Å². The number of hydrogen-bond donors (Lipinski definition) is 1. The zero-order valence-electron chi connectivity index (χ0n) is 17.9. The Balaban J connectivity index is 1.32. The third kappa shape index (κ3) is 4.05. The summed E-state index contributed by atoms with van der Waals surface area (Å²) in [4.78, 5) is 35.1. The second-order valence-corrected chi connectivity index (χ2v) is 8.33. The highest BCUT2D eigenvalue weighted by Crippen LogP contribution is 2.25. The third-order valence-electron chi connectivity index (χ3n) is 6.05. The number of aromatic nitrogens is 5. The smallest absolute Gasteiger partial charge is 0.264 e. The fourth-order valence-corrected chi connectivity index (χ4v) is 4.12. The van der Waals surface area contributed by atoms with Gasteiger partial charge in [0.2, 0.25) is 5.95 Å². The number of amides is 1. The Hall–Kier alpha value is -3.99. The van der Waals surface area contributed by atoms with E-state index in [1.165, 1.54) is 58.3 Å². The molecule has 1 aliphatic rings. The highest BCUT2D eigenvalue weighted by molar-refractivity contribution is 5.93. The van der Waals surface area contributed by atoms with Crippen LogP contribution in [0.1, 0.15) is 23.2 Å². The van der Waals surface area contributed by atoms with Gasteiger partial charge in [-0.25, -0.2) is 19.0 Å². The quantitative estimate of drug-likeness (QED) is 0.461. The predicted molar refractivity (Wildman–Crippen MR) is 117 cm³/mol. The molecular formula is C23H20F2N6O3. The van der Waals surface area contributed by atoms with E-state index in [9.17, 15) is 23.5 Å². The average Bonchev–Trinajstić information content (AvgIpc) is 3.27. The molecule has 0 aliphatic carbocycles. The Morgan fingerprint density at radius 3 is 2.44 bits per heavy atom. The first-order valence-electron chi connectivity index (χ1n) is 10.7. The van der Waals surface area contributed by atoms with Crippen LogP contribution in [-0.4, -0.2) is 58.9 Å². The largest absolute Gasteiger partial charge is 0.388 e. The summed E-state index contributed by atoms with van der Waals surface area (Å²) in [5.41, 5.74) is -0.399. The van der Waals surface area contributed by atoms with Crippen molar-refractivity contribution in [3.8, 4) is 5.69 Å². The molecule has 1 aliphatic heterocycles. The van der Waals surface area contributed by atoms with E-state index in [2.05, 4.69) is 15.1 Å². The maximum Gasteiger partial charge on any atom is 0.264 e. The Morgan fingerprint density at radius 2 is 1.76 bits per heavy atom. The standard InChI is InChI=1S/C23H20F2N6O3/c24-16-2-4-17(5-3-16)31-20-18(12-28-31)22(33)30(14-27-20)13-23(34)7-9-29(10-8-23)21(32)15-1-6-19(25)26-11-15/h1-6,11-12,14,34H,7-10,13H2. The number of pyridine rings is 1. The van der Waals surface area contributed by atoms with Gasteiger partial charge in [0.05, 0.1) is 29.6 Å². The molecule has 1 amide bonds. The van der Waals surface area contributed by atoms with Crippen molar-refractivity contribution in [2.75, 3.05) is 13.1 Å². The van der Waals surface area contributed by atoms with Crippen LogP contribution >= 0.6 is 0 Å². The van der Waals surface area contributed by atoms with Gasteiger partial charge in [-0.1, -0.05) is 0 Å². The van der Waals surface area contributed by atoms with Gasteiger partial charge in [0.15, 0.2) is 5.65 Å². The normalized spacial score (nSPS) is 15.6. The molecule has 1 N–H and O–H groups in total. The highest BCUT2D eigenvalue weighted by atomic mass is 19.1. The summed E-state index contributed by atoms with van der Waals surface area (Å²) in [6, 6.07) is 8.16. The van der Waals surface area contributed by atoms with E-state index in [1.54, 1.807) is 4.90 Å². The van der Waals surface area contributed by atoms with Crippen molar-refractivity contribution in [1.82, 2.24) is 29.2 Å². The summed E-state index contributed by atoms with van der Waals surface area (Å²) in [5.74, 6) is -1.34. The number of piperidine rings is 1. The monoisotopic (exact) mass is 466 g/mol. The van der Waals surface area contributed by atoms with E-state index in [4.69, 9.17) is 0 Å². The van der Waals surface area contributed by atoms with Crippen LogP contribution in [0.2, 0.25) is 0 Å². The van der Waals surface area contributed by atoms with Gasteiger partial charge in [0.25, 0.3) is 11.5 Å². The molecule has 1 fully saturated rings. The lowest BCUT2D eigenvalue weighted by atomic mass is 9.91. The van der Waals surface area contributed by atoms with E-state index in [-0.39, 0.29) is 60.7 Å². The third-order valence-corrected chi connectivity index (χ3v) is 6.05. The van der Waals surface area contributed by atoms with Crippen molar-refractivity contribution >= 4 is 16.9 Å². The minimum atomic E-state index is -1.20. The molecule has 5 rings (SSSR count). The second kappa shape index (κ2) is 8.41. The molecule has 174 valence electrons. The van der Waals surface area contributed by atoms with E-state index >= 15 is 0 Å². The first-order valence-corrected chi connectivity index (χ1v) is 10.7. The van der Waals surface area contributed by atoms with Crippen LogP contribution in [0, 0.1) is 11.8 Å². The van der Waals surface area contributed by atoms with Crippen LogP contribution in [0.5, 0.6) is 0 Å². The first kappa shape index (κ1) is 21.8. The molecule has 4 aromatic rings. The second-order valence-electron chi connectivity index (χ2n) is 8.33. The van der Waals surface area contributed by atoms with E-state index in [0.717, 1.165) is 6.07 Å². The molecule has 4 heterocycles. The molecule has 9 nitrogen and oxygen atoms in total. The van der Waals surface area contributed by atoms with Gasteiger partial charge in [0, 0.05) is 19.3 Å². The summed E-state index contributed by atoms with van der Waals surface area (Å²) in [6.45, 7) is 0.565. The van der Waals surface area contributed by atoms with Crippen LogP contribution in [0.3, 0.4) is 0 Å². The zero-order chi connectivity index (χ0) is 23.9. The highest BCUT2D eigenvalue weighted by Gasteiger charge is 2.35. The van der Waals surface area contributed by atoms with Gasteiger partial charge in [0.1, 0.15) is 17.5 Å². The number of aliphatic hydroxyl groups is 1. The lowest BCUT2D eigenvalue weighted by Crippen LogP contribution is -2.49. The van der Waals surface area contributed by atoms with Gasteiger partial charge in [-0.2, -0.15) is 9.49 Å². The van der Waals surface area contributed by atoms with Gasteiger partial charge in [-0.05, 0) is 49.2 Å². The average molecular weight is 466 g/mol. The van der Waals surface area contributed by atoms with Gasteiger partial charge >= 0.3 is 0 Å². The topological polar surface area (TPSA) is 106 Å². The number of likely N-dealkylation sites (tertiary alicyclic amines) is 1. The molecule has 1 saturated heterocycles. The molecular weight excluding hydrogens is 446 g/mol. The zero-order valence-corrected chi connectivity index (χ0v) is 17.9. The van der Waals surface area contributed by atoms with Crippen molar-refractivity contribution in [3.05, 3.63) is 82.8 Å². The van der Waals surface area contributed by atoms with E-state index in [1.807, 2.05) is 0 Å². The summed E-state index contributed by atoms with van der Waals surface area (Å²) >= 11 is 0. The number of hydrogen-bond acceptors (Lipinski definition) is 6. The Morgan fingerprint density at radius 1 is 1.03 bits per heavy atom. The fraction of sp³-hybridized carbons (Fsp3) is 0.261. The number of carbonyl (C=O) groups is 1. The lowest BCUT2D eigenvalue weighted by Gasteiger charge is -2.38. The lowest BCUT2D eigenvalue weighted by molar-refractivity contribution is -0.0299. The van der Waals surface area contributed by atoms with Gasteiger partial charge in [-0.3, -0.25) is 14.2 Å². The van der Waals surface area contributed by atoms with Crippen LogP contribution in [0.15, 0.2) is 59.9 Å². The molecule has 0 spiro atoms. The minimum absolute atomic E-state index is 0.0106. The summed E-state index contributed by atoms with van der Waals surface area (Å²) in [6.07, 6.45) is 4.45. The Labute approximate surface area is 191 Å². The molecule has 0 radical (unpaired) electrons. The number of rotatable bonds is 4. The molecule has 1 aromatic carbocycles. The SMILES string of the molecule is O=C(c1ccc(F)nc1)N1CCC(O)(Cn2cnc3c(cnn3-c3ccc(F)cc3)c2=O)CC1. The maximum absolute atomic E-state index is 13.2. The van der Waals surface area contributed by atoms with Crippen molar-refractivity contribution in [3.63, 3.8) is 0 Å². The minimum Gasteiger partial charge on any atom is -0.388 e. The fourth-order valence-electron chi connectivity index (χ4n) is 4.12. The summed E-state index contributed by atoms with van der Waals surface area (Å²) in [5, 5.41) is 15.6. The summed E-state index contributed by atoms with van der Waals surface area (Å²) < 4.78 is 29.0. The van der Waals surface area contributed by atoms with Crippen LogP contribution in [0.4, 0.5) is 8.78 Å². The summed E-state index contributed by atoms with van der Waals surface area (Å²) in [7, 11) is 0. The van der Waals surface area contributed by atoms with E-state index < -0.39 is 11.5 Å². The van der Waals surface area contributed by atoms with E-state index in [0.29, 0.717) is 11.3 Å².